The van der Waals surface area contributed by atoms with Gasteiger partial charge in [0, 0.05) is 43.8 Å². The van der Waals surface area contributed by atoms with Crippen LogP contribution in [0.25, 0.3) is 0 Å². The highest BCUT2D eigenvalue weighted by Crippen LogP contribution is 2.27. The smallest absolute Gasteiger partial charge is 0.410 e. The monoisotopic (exact) mass is 787 g/mol. The Morgan fingerprint density at radius 3 is 2.14 bits per heavy atom. The van der Waals surface area contributed by atoms with Gasteiger partial charge in [0.1, 0.15) is 11.8 Å². The van der Waals surface area contributed by atoms with Gasteiger partial charge in [-0.25, -0.2) is 4.79 Å². The number of hydrogen-bond acceptors (Lipinski definition) is 10. The van der Waals surface area contributed by atoms with Crippen LogP contribution in [0.15, 0.2) is 84.9 Å². The van der Waals surface area contributed by atoms with Gasteiger partial charge in [-0.3, -0.25) is 33.7 Å². The molecule has 0 aliphatic carbocycles. The van der Waals surface area contributed by atoms with E-state index >= 15 is 0 Å². The first-order valence-electron chi connectivity index (χ1n) is 18.5. The molecular weight excluding hydrogens is 739 g/mol. The van der Waals surface area contributed by atoms with Crippen molar-refractivity contribution in [3.63, 3.8) is 0 Å². The van der Waals surface area contributed by atoms with Gasteiger partial charge in [-0.15, -0.1) is 11.8 Å². The van der Waals surface area contributed by atoms with Crippen LogP contribution in [0.3, 0.4) is 0 Å². The van der Waals surface area contributed by atoms with Gasteiger partial charge in [0.15, 0.2) is 0 Å². The van der Waals surface area contributed by atoms with Crippen molar-refractivity contribution in [2.45, 2.75) is 75.2 Å². The Bertz CT molecular complexity index is 1800. The van der Waals surface area contributed by atoms with Crippen LogP contribution < -0.4 is 37.5 Å². The van der Waals surface area contributed by atoms with E-state index in [0.29, 0.717) is 50.1 Å². The molecule has 0 spiro atoms. The van der Waals surface area contributed by atoms with Crippen molar-refractivity contribution in [3.8, 4) is 5.75 Å². The highest BCUT2D eigenvalue weighted by molar-refractivity contribution is 8.00. The fraction of sp³-hybridized carbons (Fsp3) is 0.375. The van der Waals surface area contributed by atoms with Gasteiger partial charge in [-0.1, -0.05) is 67.1 Å². The number of hydrogen-bond donors (Lipinski definition) is 6. The first-order chi connectivity index (χ1) is 27.0. The zero-order valence-electron chi connectivity index (χ0n) is 31.1. The SMILES string of the molecule is NC(=O)[C@H](CSC1CC(=O)N(Cc2ccccc2)C1=O)NC(=O)CCCCCNC(=O)CCCNC(=O)Oc1ccc(C[C@H](N)C(=O)Nc2ccccc2)cc1. The molecule has 4 rings (SSSR count). The van der Waals surface area contributed by atoms with Gasteiger partial charge in [0.05, 0.1) is 17.8 Å². The average Bonchev–Trinajstić information content (AvgIpc) is 3.45. The van der Waals surface area contributed by atoms with Gasteiger partial charge < -0.3 is 37.5 Å². The molecular formula is C40H49N7O8S. The molecule has 0 aromatic heterocycles. The summed E-state index contributed by atoms with van der Waals surface area (Å²) < 4.78 is 5.28. The largest absolute Gasteiger partial charge is 0.412 e. The summed E-state index contributed by atoms with van der Waals surface area (Å²) in [5.41, 5.74) is 13.9. The number of benzene rings is 3. The number of thioether (sulfide) groups is 1. The molecule has 3 aromatic carbocycles. The van der Waals surface area contributed by atoms with Gasteiger partial charge in [-0.05, 0) is 61.1 Å². The lowest BCUT2D eigenvalue weighted by molar-refractivity contribution is -0.139. The number of primary amides is 1. The van der Waals surface area contributed by atoms with Crippen LogP contribution in [0.5, 0.6) is 5.75 Å². The summed E-state index contributed by atoms with van der Waals surface area (Å²) in [7, 11) is 0. The molecule has 16 heteroatoms. The van der Waals surface area contributed by atoms with Crippen LogP contribution in [-0.4, -0.2) is 82.6 Å². The van der Waals surface area contributed by atoms with E-state index in [1.165, 1.54) is 4.90 Å². The third-order valence-corrected chi connectivity index (χ3v) is 10.0. The molecule has 0 radical (unpaired) electrons. The normalized spacial score (nSPS) is 14.7. The number of anilines is 1. The number of likely N-dealkylation sites (tertiary alicyclic amines) is 1. The Balaban J connectivity index is 1.01. The fourth-order valence-corrected chi connectivity index (χ4v) is 6.87. The Labute approximate surface area is 330 Å². The Kier molecular flexibility index (Phi) is 17.3. The Morgan fingerprint density at radius 2 is 1.45 bits per heavy atom. The average molecular weight is 788 g/mol. The summed E-state index contributed by atoms with van der Waals surface area (Å²) in [6, 6.07) is 23.2. The van der Waals surface area contributed by atoms with Crippen molar-refractivity contribution >= 4 is 59.0 Å². The topological polar surface area (TPSA) is 232 Å². The van der Waals surface area contributed by atoms with E-state index in [0.717, 1.165) is 22.9 Å². The molecule has 8 N–H and O–H groups in total. The molecule has 1 aliphatic rings. The van der Waals surface area contributed by atoms with Gasteiger partial charge in [0.2, 0.25) is 35.4 Å². The number of ether oxygens (including phenoxy) is 1. The van der Waals surface area contributed by atoms with E-state index in [4.69, 9.17) is 16.2 Å². The number of nitrogens with zero attached hydrogens (tertiary/aromatic N) is 1. The summed E-state index contributed by atoms with van der Waals surface area (Å²) in [5.74, 6) is -1.78. The molecule has 1 saturated heterocycles. The first-order valence-corrected chi connectivity index (χ1v) is 19.5. The molecule has 1 aliphatic heterocycles. The number of unbranched alkanes of at least 4 members (excludes halogenated alkanes) is 2. The van der Waals surface area contributed by atoms with Crippen LogP contribution in [0, 0.1) is 0 Å². The van der Waals surface area contributed by atoms with Crippen molar-refractivity contribution in [3.05, 3.63) is 96.1 Å². The minimum Gasteiger partial charge on any atom is -0.410 e. The summed E-state index contributed by atoms with van der Waals surface area (Å²) >= 11 is 1.13. The van der Waals surface area contributed by atoms with Crippen molar-refractivity contribution in [1.82, 2.24) is 20.9 Å². The maximum absolute atomic E-state index is 12.8. The third kappa shape index (κ3) is 14.8. The predicted octanol–water partition coefficient (Wildman–Crippen LogP) is 2.77. The lowest BCUT2D eigenvalue weighted by Crippen LogP contribution is -2.46. The third-order valence-electron chi connectivity index (χ3n) is 8.75. The highest BCUT2D eigenvalue weighted by Gasteiger charge is 2.39. The minimum absolute atomic E-state index is 0.0203. The second-order valence-electron chi connectivity index (χ2n) is 13.2. The first kappa shape index (κ1) is 43.0. The number of amides is 7. The lowest BCUT2D eigenvalue weighted by Gasteiger charge is -2.18. The van der Waals surface area contributed by atoms with Crippen molar-refractivity contribution < 1.29 is 38.3 Å². The fourth-order valence-electron chi connectivity index (χ4n) is 5.67. The highest BCUT2D eigenvalue weighted by atomic mass is 32.2. The number of carbonyl (C=O) groups is 7. The van der Waals surface area contributed by atoms with E-state index < -0.39 is 29.3 Å². The summed E-state index contributed by atoms with van der Waals surface area (Å²) in [4.78, 5) is 87.8. The molecule has 56 heavy (non-hydrogen) atoms. The Hall–Kier alpha value is -5.74. The molecule has 7 amide bonds. The number of nitrogens with two attached hydrogens (primary N) is 2. The molecule has 1 fully saturated rings. The van der Waals surface area contributed by atoms with Crippen LogP contribution in [0.2, 0.25) is 0 Å². The zero-order valence-corrected chi connectivity index (χ0v) is 31.9. The summed E-state index contributed by atoms with van der Waals surface area (Å²) in [6.45, 7) is 0.837. The number of carbonyl (C=O) groups excluding carboxylic acids is 7. The molecule has 1 heterocycles. The summed E-state index contributed by atoms with van der Waals surface area (Å²) in [5, 5.41) is 10.2. The van der Waals surface area contributed by atoms with Crippen molar-refractivity contribution in [2.24, 2.45) is 11.5 Å². The predicted molar refractivity (Wildman–Crippen MR) is 212 cm³/mol. The van der Waals surface area contributed by atoms with Gasteiger partial charge in [-0.2, -0.15) is 0 Å². The van der Waals surface area contributed by atoms with Crippen LogP contribution in [0.1, 0.15) is 56.1 Å². The van der Waals surface area contributed by atoms with E-state index in [1.807, 2.05) is 48.5 Å². The molecule has 15 nitrogen and oxygen atoms in total. The van der Waals surface area contributed by atoms with Crippen LogP contribution in [0.4, 0.5) is 10.5 Å². The second kappa shape index (κ2) is 22.6. The second-order valence-corrected chi connectivity index (χ2v) is 14.5. The molecule has 3 atom stereocenters. The van der Waals surface area contributed by atoms with Crippen molar-refractivity contribution in [2.75, 3.05) is 24.2 Å². The quantitative estimate of drug-likeness (QED) is 0.0644. The molecule has 298 valence electrons. The van der Waals surface area contributed by atoms with Crippen molar-refractivity contribution in [1.29, 1.82) is 0 Å². The lowest BCUT2D eigenvalue weighted by atomic mass is 10.1. The summed E-state index contributed by atoms with van der Waals surface area (Å²) in [6.07, 6.45) is 2.25. The Morgan fingerprint density at radius 1 is 0.786 bits per heavy atom. The molecule has 1 unspecified atom stereocenters. The van der Waals surface area contributed by atoms with E-state index in [-0.39, 0.29) is 67.6 Å². The number of rotatable bonds is 22. The molecule has 0 bridgehead atoms. The maximum atomic E-state index is 12.8. The zero-order chi connectivity index (χ0) is 40.3. The van der Waals surface area contributed by atoms with E-state index in [1.54, 1.807) is 36.4 Å². The standard InChI is InChI=1S/C40H49N7O8S/c41-31(38(52)45-29-13-6-2-7-14-29)23-27-17-19-30(20-18-27)55-40(54)44-22-10-16-34(48)43-21-9-3-8-15-35(49)46-32(37(42)51)26-56-33-24-36(50)47(39(33)53)25-28-11-4-1-5-12-28/h1-2,4-7,11-14,17-20,31-33H,3,8-10,15-16,21-26,41H2,(H2,42,51)(H,43,48)(H,44,54)(H,45,52)(H,46,49)/t31-,32-,33?/m0/s1. The number of imide groups is 1. The van der Waals surface area contributed by atoms with E-state index in [2.05, 4.69) is 21.3 Å². The van der Waals surface area contributed by atoms with E-state index in [9.17, 15) is 33.6 Å². The maximum Gasteiger partial charge on any atom is 0.412 e. The van der Waals surface area contributed by atoms with Crippen LogP contribution >= 0.6 is 11.8 Å². The van der Waals surface area contributed by atoms with Gasteiger partial charge in [0.25, 0.3) is 0 Å². The van der Waals surface area contributed by atoms with Crippen LogP contribution in [-0.2, 0) is 41.7 Å². The number of para-hydroxylation sites is 1. The number of nitrogens with one attached hydrogen (secondary N) is 4. The minimum atomic E-state index is -0.987. The van der Waals surface area contributed by atoms with Gasteiger partial charge >= 0.3 is 6.09 Å². The molecule has 0 saturated carbocycles. The molecule has 3 aromatic rings.